The lowest BCUT2D eigenvalue weighted by Gasteiger charge is -2.07. The van der Waals surface area contributed by atoms with Crippen molar-refractivity contribution in [3.05, 3.63) is 59.7 Å². The Morgan fingerprint density at radius 2 is 1.96 bits per heavy atom. The Kier molecular flexibility index (Phi) is 4.98. The minimum absolute atomic E-state index is 0.0315. The largest absolute Gasteiger partial charge is 0.355 e. The maximum atomic E-state index is 11.9. The van der Waals surface area contributed by atoms with Crippen LogP contribution in [0, 0.1) is 6.92 Å². The molecule has 1 amide bonds. The molecule has 0 saturated carbocycles. The van der Waals surface area contributed by atoms with Gasteiger partial charge in [0.05, 0.1) is 16.8 Å². The number of carbonyl (C=O) groups is 1. The van der Waals surface area contributed by atoms with Gasteiger partial charge in [0.2, 0.25) is 5.91 Å². The molecule has 0 aliphatic carbocycles. The first-order valence-corrected chi connectivity index (χ1v) is 8.60. The van der Waals surface area contributed by atoms with Crippen molar-refractivity contribution in [2.75, 3.05) is 12.3 Å². The van der Waals surface area contributed by atoms with E-state index in [0.717, 1.165) is 22.6 Å². The second-order valence-corrected chi connectivity index (χ2v) is 6.34. The van der Waals surface area contributed by atoms with Crippen molar-refractivity contribution in [3.8, 4) is 0 Å². The van der Waals surface area contributed by atoms with E-state index in [-0.39, 0.29) is 5.91 Å². The van der Waals surface area contributed by atoms with Crippen LogP contribution >= 0.6 is 11.8 Å². The van der Waals surface area contributed by atoms with E-state index in [1.165, 1.54) is 22.9 Å². The zero-order valence-electron chi connectivity index (χ0n) is 13.0. The van der Waals surface area contributed by atoms with Gasteiger partial charge in [-0.3, -0.25) is 4.79 Å². The molecule has 0 aliphatic heterocycles. The topological polar surface area (TPSA) is 57.8 Å². The second-order valence-electron chi connectivity index (χ2n) is 5.37. The van der Waals surface area contributed by atoms with Crippen molar-refractivity contribution in [1.29, 1.82) is 0 Å². The first-order valence-electron chi connectivity index (χ1n) is 7.61. The molecule has 0 atom stereocenters. The third-order valence-corrected chi connectivity index (χ3v) is 4.56. The van der Waals surface area contributed by atoms with E-state index in [4.69, 9.17) is 0 Å². The van der Waals surface area contributed by atoms with Crippen LogP contribution in [0.3, 0.4) is 0 Å². The molecule has 118 valence electrons. The van der Waals surface area contributed by atoms with Crippen LogP contribution in [0.1, 0.15) is 11.1 Å². The first-order chi connectivity index (χ1) is 11.2. The average Bonchev–Trinajstić information content (AvgIpc) is 2.98. The summed E-state index contributed by atoms with van der Waals surface area (Å²) in [6, 6.07) is 16.1. The molecule has 4 nitrogen and oxygen atoms in total. The number of carbonyl (C=O) groups excluding carboxylic acids is 1. The van der Waals surface area contributed by atoms with Gasteiger partial charge in [0, 0.05) is 6.54 Å². The number of rotatable bonds is 6. The molecule has 0 aliphatic rings. The van der Waals surface area contributed by atoms with E-state index in [0.29, 0.717) is 12.3 Å². The highest BCUT2D eigenvalue weighted by Gasteiger charge is 2.07. The summed E-state index contributed by atoms with van der Waals surface area (Å²) in [5.74, 6) is 0.400. The zero-order valence-corrected chi connectivity index (χ0v) is 13.8. The predicted octanol–water partition coefficient (Wildman–Crippen LogP) is 3.32. The lowest BCUT2D eigenvalue weighted by molar-refractivity contribution is -0.118. The quantitative estimate of drug-likeness (QED) is 0.684. The zero-order chi connectivity index (χ0) is 16.1. The third-order valence-electron chi connectivity index (χ3n) is 3.69. The second kappa shape index (κ2) is 7.33. The van der Waals surface area contributed by atoms with Crippen molar-refractivity contribution >= 4 is 28.7 Å². The van der Waals surface area contributed by atoms with Crippen LogP contribution < -0.4 is 5.32 Å². The Balaban J connectivity index is 1.45. The minimum atomic E-state index is 0.0315. The fourth-order valence-corrected chi connectivity index (χ4v) is 3.12. The highest BCUT2D eigenvalue weighted by atomic mass is 32.2. The third kappa shape index (κ3) is 4.13. The lowest BCUT2D eigenvalue weighted by Crippen LogP contribution is -2.27. The highest BCUT2D eigenvalue weighted by Crippen LogP contribution is 2.18. The number of hydrogen-bond donors (Lipinski definition) is 2. The summed E-state index contributed by atoms with van der Waals surface area (Å²) >= 11 is 1.42. The van der Waals surface area contributed by atoms with Gasteiger partial charge in [-0.2, -0.15) is 0 Å². The number of benzene rings is 2. The van der Waals surface area contributed by atoms with E-state index in [9.17, 15) is 4.79 Å². The van der Waals surface area contributed by atoms with Gasteiger partial charge in [-0.15, -0.1) is 0 Å². The number of hydrogen-bond acceptors (Lipinski definition) is 3. The van der Waals surface area contributed by atoms with E-state index in [2.05, 4.69) is 34.3 Å². The Morgan fingerprint density at radius 3 is 2.78 bits per heavy atom. The summed E-state index contributed by atoms with van der Waals surface area (Å²) in [4.78, 5) is 19.6. The number of aryl methyl sites for hydroxylation is 1. The molecule has 0 radical (unpaired) electrons. The van der Waals surface area contributed by atoms with Gasteiger partial charge in [0.25, 0.3) is 0 Å². The summed E-state index contributed by atoms with van der Waals surface area (Å²) < 4.78 is 0. The van der Waals surface area contributed by atoms with E-state index in [1.807, 2.05) is 36.4 Å². The van der Waals surface area contributed by atoms with Gasteiger partial charge in [0.1, 0.15) is 0 Å². The number of nitrogens with zero attached hydrogens (tertiary/aromatic N) is 1. The number of amides is 1. The fraction of sp³-hybridized carbons (Fsp3) is 0.222. The molecule has 5 heteroatoms. The summed E-state index contributed by atoms with van der Waals surface area (Å²) in [5.41, 5.74) is 4.46. The summed E-state index contributed by atoms with van der Waals surface area (Å²) in [5, 5.41) is 3.74. The van der Waals surface area contributed by atoms with Crippen molar-refractivity contribution in [3.63, 3.8) is 0 Å². The van der Waals surface area contributed by atoms with Gasteiger partial charge in [0.15, 0.2) is 5.16 Å². The number of nitrogens with one attached hydrogen (secondary N) is 2. The summed E-state index contributed by atoms with van der Waals surface area (Å²) in [6.45, 7) is 2.75. The van der Waals surface area contributed by atoms with Gasteiger partial charge >= 0.3 is 0 Å². The smallest absolute Gasteiger partial charge is 0.230 e. The van der Waals surface area contributed by atoms with Crippen molar-refractivity contribution in [1.82, 2.24) is 15.3 Å². The maximum absolute atomic E-state index is 11.9. The molecule has 0 saturated heterocycles. The first kappa shape index (κ1) is 15.6. The lowest BCUT2D eigenvalue weighted by atomic mass is 10.1. The minimum Gasteiger partial charge on any atom is -0.355 e. The maximum Gasteiger partial charge on any atom is 0.230 e. The SMILES string of the molecule is Cc1ccccc1CCNC(=O)CSc1nc2ccccc2[nH]1. The number of imidazole rings is 1. The molecule has 3 rings (SSSR count). The van der Waals surface area contributed by atoms with Gasteiger partial charge in [-0.1, -0.05) is 48.2 Å². The van der Waals surface area contributed by atoms with Crippen molar-refractivity contribution in [2.45, 2.75) is 18.5 Å². The van der Waals surface area contributed by atoms with Crippen LogP contribution in [-0.2, 0) is 11.2 Å². The van der Waals surface area contributed by atoms with Gasteiger partial charge in [-0.05, 0) is 36.6 Å². The van der Waals surface area contributed by atoms with Crippen LogP contribution in [-0.4, -0.2) is 28.2 Å². The molecule has 0 bridgehead atoms. The Bertz CT molecular complexity index is 780. The van der Waals surface area contributed by atoms with Crippen LogP contribution in [0.15, 0.2) is 53.7 Å². The molecule has 1 heterocycles. The number of thioether (sulfide) groups is 1. The Labute approximate surface area is 139 Å². The van der Waals surface area contributed by atoms with Crippen LogP contribution in [0.4, 0.5) is 0 Å². The number of para-hydroxylation sites is 2. The molecule has 2 aromatic carbocycles. The Morgan fingerprint density at radius 1 is 1.17 bits per heavy atom. The molecular formula is C18H19N3OS. The molecule has 0 fully saturated rings. The van der Waals surface area contributed by atoms with Crippen molar-refractivity contribution < 1.29 is 4.79 Å². The summed E-state index contributed by atoms with van der Waals surface area (Å²) in [7, 11) is 0. The highest BCUT2D eigenvalue weighted by molar-refractivity contribution is 7.99. The number of H-pyrrole nitrogens is 1. The molecular weight excluding hydrogens is 306 g/mol. The van der Waals surface area contributed by atoms with E-state index in [1.54, 1.807) is 0 Å². The van der Waals surface area contributed by atoms with Gasteiger partial charge < -0.3 is 10.3 Å². The summed E-state index contributed by atoms with van der Waals surface area (Å²) in [6.07, 6.45) is 0.855. The number of fused-ring (bicyclic) bond motifs is 1. The standard InChI is InChI=1S/C18H19N3OS/c1-13-6-2-3-7-14(13)10-11-19-17(22)12-23-18-20-15-8-4-5-9-16(15)21-18/h2-9H,10-12H2,1H3,(H,19,22)(H,20,21). The normalized spacial score (nSPS) is 10.8. The monoisotopic (exact) mass is 325 g/mol. The van der Waals surface area contributed by atoms with Gasteiger partial charge in [-0.25, -0.2) is 4.98 Å². The Hall–Kier alpha value is -2.27. The van der Waals surface area contributed by atoms with Crippen LogP contribution in [0.25, 0.3) is 11.0 Å². The molecule has 0 unspecified atom stereocenters. The van der Waals surface area contributed by atoms with Crippen molar-refractivity contribution in [2.24, 2.45) is 0 Å². The number of aromatic amines is 1. The fourth-order valence-electron chi connectivity index (χ4n) is 2.41. The number of aromatic nitrogens is 2. The van der Waals surface area contributed by atoms with E-state index < -0.39 is 0 Å². The molecule has 1 aromatic heterocycles. The van der Waals surface area contributed by atoms with E-state index >= 15 is 0 Å². The molecule has 2 N–H and O–H groups in total. The van der Waals surface area contributed by atoms with Crippen LogP contribution in [0.5, 0.6) is 0 Å². The average molecular weight is 325 g/mol. The predicted molar refractivity (Wildman–Crippen MR) is 94.7 cm³/mol. The van der Waals surface area contributed by atoms with Crippen LogP contribution in [0.2, 0.25) is 0 Å². The molecule has 23 heavy (non-hydrogen) atoms. The molecule has 0 spiro atoms. The molecule has 3 aromatic rings.